The van der Waals surface area contributed by atoms with Gasteiger partial charge in [0, 0.05) is 10.3 Å². The largest absolute Gasteiger partial charge is 0.422 e. The van der Waals surface area contributed by atoms with E-state index in [1.165, 1.54) is 0 Å². The van der Waals surface area contributed by atoms with Crippen LogP contribution in [0.1, 0.15) is 40.2 Å². The highest BCUT2D eigenvalue weighted by atomic mass is 32.2. The molecule has 0 aliphatic carbocycles. The normalized spacial score (nSPS) is 11.6. The first-order chi connectivity index (χ1) is 10.7. The Morgan fingerprint density at radius 3 is 2.55 bits per heavy atom. The van der Waals surface area contributed by atoms with Gasteiger partial charge in [-0.15, -0.1) is 11.8 Å². The molecule has 2 nitrogen and oxygen atoms in total. The van der Waals surface area contributed by atoms with E-state index in [9.17, 15) is 4.79 Å². The third kappa shape index (κ3) is 4.38. The molecule has 0 aliphatic rings. The van der Waals surface area contributed by atoms with Gasteiger partial charge in [-0.1, -0.05) is 45.1 Å². The molecule has 0 saturated carbocycles. The van der Waals surface area contributed by atoms with Gasteiger partial charge >= 0.3 is 5.63 Å². The van der Waals surface area contributed by atoms with Gasteiger partial charge < -0.3 is 4.42 Å². The smallest absolute Gasteiger partial charge is 0.344 e. The zero-order valence-electron chi connectivity index (χ0n) is 14.0. The molecule has 0 spiro atoms. The fourth-order valence-electron chi connectivity index (χ4n) is 2.07. The zero-order chi connectivity index (χ0) is 16.5. The van der Waals surface area contributed by atoms with Crippen molar-refractivity contribution < 1.29 is 4.42 Å². The number of hydrogen-bond acceptors (Lipinski definition) is 3. The van der Waals surface area contributed by atoms with Gasteiger partial charge in [0.1, 0.15) is 5.58 Å². The maximum atomic E-state index is 12.1. The molecule has 0 atom stereocenters. The van der Waals surface area contributed by atoms with Crippen molar-refractivity contribution in [1.82, 2.24) is 0 Å². The molecular weight excluding hydrogens is 292 g/mol. The molecule has 0 amide bonds. The van der Waals surface area contributed by atoms with Crippen molar-refractivity contribution in [2.45, 2.75) is 39.5 Å². The van der Waals surface area contributed by atoms with Crippen molar-refractivity contribution in [2.75, 3.05) is 5.75 Å². The van der Waals surface area contributed by atoms with Crippen molar-refractivity contribution in [3.8, 4) is 0 Å². The molecule has 0 fully saturated rings. The van der Waals surface area contributed by atoms with Gasteiger partial charge in [-0.3, -0.25) is 0 Å². The number of allylic oxidation sites excluding steroid dienone is 4. The van der Waals surface area contributed by atoms with Crippen LogP contribution in [0.3, 0.4) is 0 Å². The molecule has 0 radical (unpaired) electrons. The Kier molecular flexibility index (Phi) is 7.75. The summed E-state index contributed by atoms with van der Waals surface area (Å²) >= 11 is 1.73. The third-order valence-electron chi connectivity index (χ3n) is 2.99. The second-order valence-electron chi connectivity index (χ2n) is 4.32. The maximum absolute atomic E-state index is 12.1. The summed E-state index contributed by atoms with van der Waals surface area (Å²) in [5.74, 6) is 0.998. The van der Waals surface area contributed by atoms with E-state index in [4.69, 9.17) is 4.42 Å². The van der Waals surface area contributed by atoms with E-state index in [-0.39, 0.29) is 5.63 Å². The van der Waals surface area contributed by atoms with Crippen molar-refractivity contribution in [2.24, 2.45) is 0 Å². The number of thioether (sulfide) groups is 1. The van der Waals surface area contributed by atoms with Crippen molar-refractivity contribution in [3.05, 3.63) is 58.5 Å². The highest BCUT2D eigenvalue weighted by molar-refractivity contribution is 7.99. The minimum absolute atomic E-state index is 0.289. The van der Waals surface area contributed by atoms with E-state index in [1.54, 1.807) is 11.8 Å². The third-order valence-corrected chi connectivity index (χ3v) is 3.86. The Hall–Kier alpha value is -1.74. The summed E-state index contributed by atoms with van der Waals surface area (Å²) < 4.78 is 5.47. The van der Waals surface area contributed by atoms with E-state index in [1.807, 2.05) is 64.1 Å². The molecule has 0 unspecified atom stereocenters. The summed E-state index contributed by atoms with van der Waals surface area (Å²) in [5, 5.41) is 0.948. The molecule has 3 heteroatoms. The summed E-state index contributed by atoms with van der Waals surface area (Å²) in [6, 6.07) is 7.89. The molecule has 1 aromatic heterocycles. The molecule has 1 heterocycles. The van der Waals surface area contributed by atoms with E-state index < -0.39 is 0 Å². The molecule has 0 aliphatic heterocycles. The zero-order valence-corrected chi connectivity index (χ0v) is 14.8. The Balaban J connectivity index is 0.00000116. The average molecular weight is 316 g/mol. The van der Waals surface area contributed by atoms with Crippen molar-refractivity contribution in [3.63, 3.8) is 0 Å². The predicted octanol–water partition coefficient (Wildman–Crippen LogP) is 5.91. The standard InChI is InChI=1S/C17H18O2S.C2H6/c1-4-7-12(5-2)15-10-13-8-9-14(20-6-3)11-16(13)19-17(15)18;1-2/h4-5,7-11H,6H2,1-3H3;1-2H3/b7-4-,12-5+;. The van der Waals surface area contributed by atoms with E-state index in [0.717, 1.165) is 21.6 Å². The highest BCUT2D eigenvalue weighted by Gasteiger charge is 2.08. The lowest BCUT2D eigenvalue weighted by atomic mass is 10.1. The minimum atomic E-state index is -0.289. The first kappa shape index (κ1) is 18.3. The SMILES string of the molecule is C/C=C\C(=C/C)c1cc2ccc(SCC)cc2oc1=O.CC. The summed E-state index contributed by atoms with van der Waals surface area (Å²) in [6.07, 6.45) is 5.75. The lowest BCUT2D eigenvalue weighted by molar-refractivity contribution is 0.558. The predicted molar refractivity (Wildman–Crippen MR) is 98.7 cm³/mol. The van der Waals surface area contributed by atoms with Gasteiger partial charge in [-0.2, -0.15) is 0 Å². The first-order valence-electron chi connectivity index (χ1n) is 7.69. The molecule has 22 heavy (non-hydrogen) atoms. The lowest BCUT2D eigenvalue weighted by Gasteiger charge is -2.04. The van der Waals surface area contributed by atoms with Gasteiger partial charge in [0.15, 0.2) is 0 Å². The van der Waals surface area contributed by atoms with Crippen LogP contribution in [0.4, 0.5) is 0 Å². The van der Waals surface area contributed by atoms with Gasteiger partial charge in [0.05, 0.1) is 5.56 Å². The topological polar surface area (TPSA) is 30.2 Å². The Morgan fingerprint density at radius 1 is 1.23 bits per heavy atom. The fraction of sp³-hybridized carbons (Fsp3) is 0.316. The van der Waals surface area contributed by atoms with Crippen LogP contribution in [0.2, 0.25) is 0 Å². The van der Waals surface area contributed by atoms with Crippen molar-refractivity contribution in [1.29, 1.82) is 0 Å². The molecular formula is C19H24O2S. The number of rotatable bonds is 4. The van der Waals surface area contributed by atoms with Crippen LogP contribution in [0.5, 0.6) is 0 Å². The van der Waals surface area contributed by atoms with Crippen LogP contribution in [-0.2, 0) is 0 Å². The number of benzene rings is 1. The minimum Gasteiger partial charge on any atom is -0.422 e. The monoisotopic (exact) mass is 316 g/mol. The second-order valence-corrected chi connectivity index (χ2v) is 5.66. The van der Waals surface area contributed by atoms with Crippen LogP contribution in [0.25, 0.3) is 16.5 Å². The van der Waals surface area contributed by atoms with E-state index in [2.05, 4.69) is 13.0 Å². The van der Waals surface area contributed by atoms with E-state index >= 15 is 0 Å². The van der Waals surface area contributed by atoms with Gasteiger partial charge in [0.25, 0.3) is 0 Å². The second kappa shape index (κ2) is 9.31. The van der Waals surface area contributed by atoms with Crippen molar-refractivity contribution >= 4 is 28.3 Å². The number of fused-ring (bicyclic) bond motifs is 1. The molecule has 118 valence electrons. The molecule has 0 bridgehead atoms. The Morgan fingerprint density at radius 2 is 1.95 bits per heavy atom. The van der Waals surface area contributed by atoms with Gasteiger partial charge in [0.2, 0.25) is 0 Å². The molecule has 2 rings (SSSR count). The molecule has 1 aromatic carbocycles. The van der Waals surface area contributed by atoms with Crippen LogP contribution < -0.4 is 5.63 Å². The summed E-state index contributed by atoms with van der Waals surface area (Å²) in [7, 11) is 0. The van der Waals surface area contributed by atoms with Crippen LogP contribution in [0, 0.1) is 0 Å². The molecule has 0 saturated heterocycles. The summed E-state index contributed by atoms with van der Waals surface area (Å²) in [5.41, 5.74) is 1.85. The Labute approximate surface area is 136 Å². The Bertz CT molecular complexity index is 724. The van der Waals surface area contributed by atoms with Gasteiger partial charge in [-0.05, 0) is 43.4 Å². The lowest BCUT2D eigenvalue weighted by Crippen LogP contribution is -2.05. The average Bonchev–Trinajstić information content (AvgIpc) is 2.54. The van der Waals surface area contributed by atoms with Crippen LogP contribution in [0.15, 0.2) is 56.6 Å². The van der Waals surface area contributed by atoms with Crippen LogP contribution in [-0.4, -0.2) is 5.75 Å². The molecule has 0 N–H and O–H groups in total. The summed E-state index contributed by atoms with van der Waals surface area (Å²) in [4.78, 5) is 13.3. The maximum Gasteiger partial charge on any atom is 0.344 e. The quantitative estimate of drug-likeness (QED) is 0.399. The van der Waals surface area contributed by atoms with E-state index in [0.29, 0.717) is 11.1 Å². The fourth-order valence-corrected chi connectivity index (χ4v) is 2.76. The number of hydrogen-bond donors (Lipinski definition) is 0. The van der Waals surface area contributed by atoms with Crippen LogP contribution >= 0.6 is 11.8 Å². The van der Waals surface area contributed by atoms with Gasteiger partial charge in [-0.25, -0.2) is 4.79 Å². The summed E-state index contributed by atoms with van der Waals surface area (Å²) in [6.45, 7) is 9.95. The highest BCUT2D eigenvalue weighted by Crippen LogP contribution is 2.24. The molecule has 2 aromatic rings. The first-order valence-corrected chi connectivity index (χ1v) is 8.68.